The van der Waals surface area contributed by atoms with Gasteiger partial charge in [0.15, 0.2) is 0 Å². The Kier molecular flexibility index (Phi) is 5.28. The van der Waals surface area contributed by atoms with E-state index in [1.54, 1.807) is 13.3 Å². The zero-order valence-electron chi connectivity index (χ0n) is 13.9. The number of nitrogens with one attached hydrogen (secondary N) is 1. The summed E-state index contributed by atoms with van der Waals surface area (Å²) in [4.78, 5) is 8.82. The third-order valence-corrected chi connectivity index (χ3v) is 4.41. The van der Waals surface area contributed by atoms with Gasteiger partial charge in [0.25, 0.3) is 0 Å². The molecular formula is C16H28N4O. The van der Waals surface area contributed by atoms with Crippen molar-refractivity contribution in [3.05, 3.63) is 12.3 Å². The van der Waals surface area contributed by atoms with E-state index in [4.69, 9.17) is 4.74 Å². The van der Waals surface area contributed by atoms with Crippen molar-refractivity contribution in [3.8, 4) is 5.88 Å². The molecule has 1 fully saturated rings. The van der Waals surface area contributed by atoms with Crippen molar-refractivity contribution < 1.29 is 4.74 Å². The summed E-state index contributed by atoms with van der Waals surface area (Å²) in [5, 5.41) is 3.65. The Balaban J connectivity index is 2.14. The van der Waals surface area contributed by atoms with Gasteiger partial charge < -0.3 is 19.9 Å². The smallest absolute Gasteiger partial charge is 0.239 e. The summed E-state index contributed by atoms with van der Waals surface area (Å²) in [6.07, 6.45) is 4.27. The Morgan fingerprint density at radius 3 is 2.62 bits per heavy atom. The van der Waals surface area contributed by atoms with Gasteiger partial charge in [0.2, 0.25) is 5.88 Å². The minimum atomic E-state index is 0.412. The van der Waals surface area contributed by atoms with Crippen molar-refractivity contribution in [1.82, 2.24) is 9.88 Å². The average Bonchev–Trinajstić information content (AvgIpc) is 2.47. The fourth-order valence-electron chi connectivity index (χ4n) is 2.97. The van der Waals surface area contributed by atoms with Crippen LogP contribution in [0.15, 0.2) is 12.3 Å². The molecule has 1 aromatic heterocycles. The lowest BCUT2D eigenvalue weighted by Gasteiger charge is -2.34. The Hall–Kier alpha value is -1.49. The number of hydrogen-bond acceptors (Lipinski definition) is 5. The molecule has 21 heavy (non-hydrogen) atoms. The maximum atomic E-state index is 5.43. The molecule has 0 saturated carbocycles. The molecular weight excluding hydrogens is 264 g/mol. The van der Waals surface area contributed by atoms with E-state index < -0.39 is 0 Å². The quantitative estimate of drug-likeness (QED) is 0.902. The van der Waals surface area contributed by atoms with Gasteiger partial charge in [-0.15, -0.1) is 0 Å². The summed E-state index contributed by atoms with van der Waals surface area (Å²) in [5.74, 6) is 1.36. The van der Waals surface area contributed by atoms with E-state index in [9.17, 15) is 0 Å². The number of ether oxygens (including phenoxy) is 1. The minimum Gasteiger partial charge on any atom is -0.479 e. The maximum Gasteiger partial charge on any atom is 0.239 e. The first-order valence-corrected chi connectivity index (χ1v) is 7.68. The first-order valence-electron chi connectivity index (χ1n) is 7.68. The number of anilines is 2. The number of nitrogens with zero attached hydrogens (tertiary/aromatic N) is 3. The monoisotopic (exact) mass is 292 g/mol. The predicted molar refractivity (Wildman–Crippen MR) is 88.4 cm³/mol. The van der Waals surface area contributed by atoms with Gasteiger partial charge >= 0.3 is 0 Å². The van der Waals surface area contributed by atoms with Crippen LogP contribution in [0.5, 0.6) is 5.88 Å². The van der Waals surface area contributed by atoms with Crippen molar-refractivity contribution >= 4 is 11.4 Å². The topological polar surface area (TPSA) is 40.6 Å². The van der Waals surface area contributed by atoms with Gasteiger partial charge in [0.05, 0.1) is 12.8 Å². The third-order valence-electron chi connectivity index (χ3n) is 4.41. The number of pyridine rings is 1. The van der Waals surface area contributed by atoms with Crippen molar-refractivity contribution in [2.45, 2.75) is 25.8 Å². The molecule has 0 spiro atoms. The van der Waals surface area contributed by atoms with Gasteiger partial charge in [-0.1, -0.05) is 0 Å². The highest BCUT2D eigenvalue weighted by Crippen LogP contribution is 2.34. The van der Waals surface area contributed by atoms with E-state index in [0.29, 0.717) is 17.8 Å². The standard InChI is InChI=1S/C16H28N4O/c1-12(13-7-10-20(4)11-8-13)18-15-14(19(2)3)6-9-17-16(15)21-5/h6,9,12-13,18H,7-8,10-11H2,1-5H3. The zero-order chi connectivity index (χ0) is 15.4. The summed E-state index contributed by atoms with van der Waals surface area (Å²) in [7, 11) is 7.95. The second kappa shape index (κ2) is 6.98. The summed E-state index contributed by atoms with van der Waals surface area (Å²) in [6.45, 7) is 4.63. The van der Waals surface area contributed by atoms with E-state index in [0.717, 1.165) is 11.4 Å². The molecule has 0 bridgehead atoms. The number of likely N-dealkylation sites (tertiary alicyclic amines) is 1. The third kappa shape index (κ3) is 3.79. The summed E-state index contributed by atoms with van der Waals surface area (Å²) >= 11 is 0. The maximum absolute atomic E-state index is 5.43. The molecule has 5 heteroatoms. The molecule has 2 rings (SSSR count). The van der Waals surface area contributed by atoms with Crippen molar-refractivity contribution in [1.29, 1.82) is 0 Å². The van der Waals surface area contributed by atoms with Gasteiger partial charge in [-0.2, -0.15) is 0 Å². The molecule has 0 amide bonds. The van der Waals surface area contributed by atoms with Gasteiger partial charge in [-0.3, -0.25) is 0 Å². The van der Waals surface area contributed by atoms with E-state index in [2.05, 4.69) is 34.1 Å². The van der Waals surface area contributed by atoms with Crippen LogP contribution in [0, 0.1) is 5.92 Å². The van der Waals surface area contributed by atoms with Crippen LogP contribution in [-0.2, 0) is 0 Å². The van der Waals surface area contributed by atoms with Gasteiger partial charge in [-0.05, 0) is 51.9 Å². The van der Waals surface area contributed by atoms with Crippen LogP contribution in [0.2, 0.25) is 0 Å². The Morgan fingerprint density at radius 1 is 1.38 bits per heavy atom. The van der Waals surface area contributed by atoms with E-state index in [-0.39, 0.29) is 0 Å². The summed E-state index contributed by atoms with van der Waals surface area (Å²) < 4.78 is 5.43. The Labute approximate surface area is 128 Å². The number of piperidine rings is 1. The molecule has 1 N–H and O–H groups in total. The predicted octanol–water partition coefficient (Wildman–Crippen LogP) is 2.30. The van der Waals surface area contributed by atoms with Crippen LogP contribution in [0.3, 0.4) is 0 Å². The normalized spacial score (nSPS) is 18.3. The summed E-state index contributed by atoms with van der Waals surface area (Å²) in [5.41, 5.74) is 2.11. The van der Waals surface area contributed by atoms with Crippen molar-refractivity contribution in [3.63, 3.8) is 0 Å². The molecule has 118 valence electrons. The van der Waals surface area contributed by atoms with Gasteiger partial charge in [0.1, 0.15) is 5.69 Å². The lowest BCUT2D eigenvalue weighted by molar-refractivity contribution is 0.208. The molecule has 1 aromatic rings. The second-order valence-electron chi connectivity index (χ2n) is 6.18. The molecule has 1 saturated heterocycles. The van der Waals surface area contributed by atoms with E-state index in [1.807, 2.05) is 20.2 Å². The SMILES string of the molecule is COc1nccc(N(C)C)c1NC(C)C1CCN(C)CC1. The number of aromatic nitrogens is 1. The van der Waals surface area contributed by atoms with Gasteiger partial charge in [-0.25, -0.2) is 4.98 Å². The highest BCUT2D eigenvalue weighted by molar-refractivity contribution is 5.74. The van der Waals surface area contributed by atoms with Crippen LogP contribution in [0.4, 0.5) is 11.4 Å². The van der Waals surface area contributed by atoms with E-state index in [1.165, 1.54) is 25.9 Å². The van der Waals surface area contributed by atoms with Crippen molar-refractivity contribution in [2.75, 3.05) is 51.6 Å². The zero-order valence-corrected chi connectivity index (χ0v) is 13.9. The number of rotatable bonds is 5. The molecule has 5 nitrogen and oxygen atoms in total. The molecule has 1 atom stereocenters. The minimum absolute atomic E-state index is 0.412. The number of hydrogen-bond donors (Lipinski definition) is 1. The average molecular weight is 292 g/mol. The largest absolute Gasteiger partial charge is 0.479 e. The van der Waals surface area contributed by atoms with Crippen molar-refractivity contribution in [2.24, 2.45) is 5.92 Å². The Morgan fingerprint density at radius 2 is 2.05 bits per heavy atom. The molecule has 0 radical (unpaired) electrons. The number of methoxy groups -OCH3 is 1. The second-order valence-corrected chi connectivity index (χ2v) is 6.18. The van der Waals surface area contributed by atoms with Gasteiger partial charge in [0, 0.05) is 26.3 Å². The lowest BCUT2D eigenvalue weighted by atomic mass is 9.90. The fraction of sp³-hybridized carbons (Fsp3) is 0.688. The molecule has 1 aliphatic heterocycles. The van der Waals surface area contributed by atoms with E-state index >= 15 is 0 Å². The molecule has 0 aliphatic carbocycles. The fourth-order valence-corrected chi connectivity index (χ4v) is 2.97. The lowest BCUT2D eigenvalue weighted by Crippen LogP contribution is -2.37. The molecule has 1 aliphatic rings. The van der Waals surface area contributed by atoms with Crippen LogP contribution in [0.25, 0.3) is 0 Å². The Bertz CT molecular complexity index is 456. The van der Waals surface area contributed by atoms with Crippen LogP contribution in [0.1, 0.15) is 19.8 Å². The van der Waals surface area contributed by atoms with Crippen LogP contribution < -0.4 is 15.0 Å². The highest BCUT2D eigenvalue weighted by Gasteiger charge is 2.24. The van der Waals surface area contributed by atoms with Crippen LogP contribution >= 0.6 is 0 Å². The summed E-state index contributed by atoms with van der Waals surface area (Å²) in [6, 6.07) is 2.43. The molecule has 1 unspecified atom stereocenters. The molecule has 2 heterocycles. The molecule has 0 aromatic carbocycles. The first kappa shape index (κ1) is 15.9. The first-order chi connectivity index (χ1) is 10.0. The van der Waals surface area contributed by atoms with Crippen LogP contribution in [-0.4, -0.2) is 57.3 Å². The highest BCUT2D eigenvalue weighted by atomic mass is 16.5.